The number of rotatable bonds is 0. The Morgan fingerprint density at radius 2 is 2.09 bits per heavy atom. The van der Waals surface area contributed by atoms with E-state index in [1.54, 1.807) is 0 Å². The Balaban J connectivity index is 2.88. The highest BCUT2D eigenvalue weighted by atomic mass is 32.1. The van der Waals surface area contributed by atoms with Crippen LogP contribution in [0, 0.1) is 5.41 Å². The van der Waals surface area contributed by atoms with Crippen LogP contribution in [0.4, 0.5) is 0 Å². The summed E-state index contributed by atoms with van der Waals surface area (Å²) in [6, 6.07) is 0. The summed E-state index contributed by atoms with van der Waals surface area (Å²) in [7, 11) is 0. The van der Waals surface area contributed by atoms with E-state index in [0.717, 1.165) is 0 Å². The lowest BCUT2D eigenvalue weighted by Crippen LogP contribution is -2.51. The van der Waals surface area contributed by atoms with Gasteiger partial charge in [0, 0.05) is 5.41 Å². The van der Waals surface area contributed by atoms with E-state index in [2.05, 4.69) is 15.5 Å². The normalized spacial score (nSPS) is 30.7. The molecule has 5 heteroatoms. The van der Waals surface area contributed by atoms with E-state index in [4.69, 9.17) is 12.2 Å². The Morgan fingerprint density at radius 3 is 2.27 bits per heavy atom. The third kappa shape index (κ3) is 1.39. The van der Waals surface area contributed by atoms with Crippen molar-refractivity contribution in [3.05, 3.63) is 0 Å². The molecule has 0 aromatic heterocycles. The molecule has 0 bridgehead atoms. The molecule has 0 aliphatic carbocycles. The van der Waals surface area contributed by atoms with Gasteiger partial charge in [0.15, 0.2) is 0 Å². The summed E-state index contributed by atoms with van der Waals surface area (Å²) >= 11 is 4.71. The lowest BCUT2D eigenvalue weighted by molar-refractivity contribution is -0.0609. The van der Waals surface area contributed by atoms with Gasteiger partial charge in [-0.1, -0.05) is 20.8 Å². The summed E-state index contributed by atoms with van der Waals surface area (Å²) in [5.74, 6) is -1.33. The van der Waals surface area contributed by atoms with Crippen LogP contribution in [-0.2, 0) is 0 Å². The molecule has 0 aromatic carbocycles. The largest absolute Gasteiger partial charge is 0.351 e. The van der Waals surface area contributed by atoms with E-state index < -0.39 is 11.3 Å². The predicted molar refractivity (Wildman–Crippen MR) is 45.0 cm³/mol. The van der Waals surface area contributed by atoms with Crippen molar-refractivity contribution in [2.75, 3.05) is 0 Å². The number of thiocarbonyl (C=S) groups is 1. The maximum Gasteiger partial charge on any atom is 0.260 e. The van der Waals surface area contributed by atoms with Crippen LogP contribution in [0.2, 0.25) is 0 Å². The van der Waals surface area contributed by atoms with Crippen molar-refractivity contribution in [3.8, 4) is 0 Å². The van der Waals surface area contributed by atoms with Crippen molar-refractivity contribution in [3.63, 3.8) is 0 Å². The second-order valence-electron chi connectivity index (χ2n) is 3.55. The SMILES string of the molecule is CC(C)(C)C1(O)N=NC(=S)N1. The van der Waals surface area contributed by atoms with Gasteiger partial charge in [0.05, 0.1) is 0 Å². The number of azo groups is 1. The second-order valence-corrected chi connectivity index (χ2v) is 3.94. The van der Waals surface area contributed by atoms with Crippen LogP contribution in [0.5, 0.6) is 0 Å². The number of aliphatic hydroxyl groups is 1. The molecule has 0 spiro atoms. The van der Waals surface area contributed by atoms with Crippen LogP contribution in [0.25, 0.3) is 0 Å². The molecule has 1 unspecified atom stereocenters. The summed E-state index contributed by atoms with van der Waals surface area (Å²) in [6.07, 6.45) is 0. The first-order valence-electron chi connectivity index (χ1n) is 3.32. The van der Waals surface area contributed by atoms with Crippen LogP contribution in [0.15, 0.2) is 10.2 Å². The van der Waals surface area contributed by atoms with E-state index >= 15 is 0 Å². The summed E-state index contributed by atoms with van der Waals surface area (Å²) in [5.41, 5.74) is -0.406. The summed E-state index contributed by atoms with van der Waals surface area (Å²) in [4.78, 5) is 0. The molecule has 11 heavy (non-hydrogen) atoms. The minimum Gasteiger partial charge on any atom is -0.351 e. The molecule has 62 valence electrons. The van der Waals surface area contributed by atoms with Crippen molar-refractivity contribution in [1.29, 1.82) is 0 Å². The molecule has 0 fully saturated rings. The van der Waals surface area contributed by atoms with E-state index in [1.807, 2.05) is 20.8 Å². The number of hydrogen-bond donors (Lipinski definition) is 2. The van der Waals surface area contributed by atoms with E-state index in [0.29, 0.717) is 0 Å². The zero-order valence-corrected chi connectivity index (χ0v) is 7.57. The highest BCUT2D eigenvalue weighted by Crippen LogP contribution is 2.31. The Kier molecular flexibility index (Phi) is 1.72. The lowest BCUT2D eigenvalue weighted by atomic mass is 9.90. The fourth-order valence-corrected chi connectivity index (χ4v) is 0.838. The minimum atomic E-state index is -1.33. The zero-order chi connectivity index (χ0) is 8.70. The van der Waals surface area contributed by atoms with Crippen LogP contribution in [0.1, 0.15) is 20.8 Å². The maximum absolute atomic E-state index is 9.74. The molecule has 1 rings (SSSR count). The zero-order valence-electron chi connectivity index (χ0n) is 6.75. The van der Waals surface area contributed by atoms with Gasteiger partial charge in [0.2, 0.25) is 5.11 Å². The van der Waals surface area contributed by atoms with Crippen molar-refractivity contribution >= 4 is 17.3 Å². The van der Waals surface area contributed by atoms with Crippen molar-refractivity contribution < 1.29 is 5.11 Å². The van der Waals surface area contributed by atoms with Crippen LogP contribution in [-0.4, -0.2) is 16.1 Å². The molecule has 0 saturated carbocycles. The Hall–Kier alpha value is -0.550. The van der Waals surface area contributed by atoms with Gasteiger partial charge in [0.25, 0.3) is 5.85 Å². The monoisotopic (exact) mass is 173 g/mol. The highest BCUT2D eigenvalue weighted by molar-refractivity contribution is 7.80. The molecular formula is C6H11N3OS. The first-order valence-corrected chi connectivity index (χ1v) is 3.73. The third-order valence-electron chi connectivity index (χ3n) is 1.61. The second kappa shape index (κ2) is 2.22. The Morgan fingerprint density at radius 1 is 1.55 bits per heavy atom. The Labute approximate surface area is 70.7 Å². The molecule has 1 aliphatic rings. The molecule has 1 atom stereocenters. The van der Waals surface area contributed by atoms with Crippen molar-refractivity contribution in [2.24, 2.45) is 15.6 Å². The van der Waals surface area contributed by atoms with E-state index in [1.165, 1.54) is 0 Å². The van der Waals surface area contributed by atoms with Crippen molar-refractivity contribution in [2.45, 2.75) is 26.6 Å². The smallest absolute Gasteiger partial charge is 0.260 e. The average Bonchev–Trinajstić information content (AvgIpc) is 2.10. The maximum atomic E-state index is 9.74. The minimum absolute atomic E-state index is 0.238. The van der Waals surface area contributed by atoms with Crippen LogP contribution in [0.3, 0.4) is 0 Å². The summed E-state index contributed by atoms with van der Waals surface area (Å²) in [5, 5.41) is 19.8. The van der Waals surface area contributed by atoms with Crippen molar-refractivity contribution in [1.82, 2.24) is 5.32 Å². The lowest BCUT2D eigenvalue weighted by Gasteiger charge is -2.32. The topological polar surface area (TPSA) is 57.0 Å². The molecule has 4 nitrogen and oxygen atoms in total. The number of nitrogens with zero attached hydrogens (tertiary/aromatic N) is 2. The van der Waals surface area contributed by atoms with Gasteiger partial charge < -0.3 is 10.4 Å². The number of hydrogen-bond acceptors (Lipinski definition) is 3. The van der Waals surface area contributed by atoms with Gasteiger partial charge in [-0.2, -0.15) is 0 Å². The first-order chi connectivity index (χ1) is 4.85. The van der Waals surface area contributed by atoms with Gasteiger partial charge >= 0.3 is 0 Å². The average molecular weight is 173 g/mol. The standard InChI is InChI=1S/C6H11N3OS/c1-5(2,3)6(10)7-4(11)8-9-6/h10H,1-3H3,(H,7,11). The summed E-state index contributed by atoms with van der Waals surface area (Å²) < 4.78 is 0. The molecule has 2 N–H and O–H groups in total. The van der Waals surface area contributed by atoms with Crippen LogP contribution >= 0.6 is 12.2 Å². The van der Waals surface area contributed by atoms with Gasteiger partial charge in [-0.3, -0.25) is 0 Å². The number of nitrogens with one attached hydrogen (secondary N) is 1. The van der Waals surface area contributed by atoms with Gasteiger partial charge in [0.1, 0.15) is 0 Å². The molecule has 0 saturated heterocycles. The van der Waals surface area contributed by atoms with Gasteiger partial charge in [-0.25, -0.2) is 0 Å². The predicted octanol–water partition coefficient (Wildman–Crippen LogP) is 1.02. The quantitative estimate of drug-likeness (QED) is 0.538. The third-order valence-corrected chi connectivity index (χ3v) is 1.80. The molecule has 1 aliphatic heterocycles. The Bertz CT molecular complexity index is 220. The summed E-state index contributed by atoms with van der Waals surface area (Å²) in [6.45, 7) is 5.56. The fourth-order valence-electron chi connectivity index (χ4n) is 0.654. The molecule has 1 heterocycles. The first kappa shape index (κ1) is 8.55. The van der Waals surface area contributed by atoms with E-state index in [-0.39, 0.29) is 5.11 Å². The highest BCUT2D eigenvalue weighted by Gasteiger charge is 2.44. The molecular weight excluding hydrogens is 162 g/mol. The van der Waals surface area contributed by atoms with Gasteiger partial charge in [-0.05, 0) is 12.2 Å². The molecule has 0 radical (unpaired) electrons. The van der Waals surface area contributed by atoms with E-state index in [9.17, 15) is 5.11 Å². The molecule has 0 amide bonds. The van der Waals surface area contributed by atoms with Crippen LogP contribution < -0.4 is 5.32 Å². The van der Waals surface area contributed by atoms with Gasteiger partial charge in [-0.15, -0.1) is 10.2 Å². The fraction of sp³-hybridized carbons (Fsp3) is 0.833. The molecule has 0 aromatic rings.